The first-order chi connectivity index (χ1) is 6.06. The van der Waals surface area contributed by atoms with Crippen molar-refractivity contribution in [2.75, 3.05) is 19.6 Å². The fourth-order valence-corrected chi connectivity index (χ4v) is 1.15. The highest BCUT2D eigenvalue weighted by Gasteiger charge is 2.06. The SMILES string of the molecule is CCCCCNCCNC(C)(C)C. The summed E-state index contributed by atoms with van der Waals surface area (Å²) in [6.07, 6.45) is 3.97. The molecule has 0 aromatic carbocycles. The molecule has 2 heteroatoms. The smallest absolute Gasteiger partial charge is 0.00970 e. The predicted octanol–water partition coefficient (Wildman–Crippen LogP) is 2.15. The highest BCUT2D eigenvalue weighted by Crippen LogP contribution is 1.96. The summed E-state index contributed by atoms with van der Waals surface area (Å²) in [6, 6.07) is 0. The maximum atomic E-state index is 3.45. The van der Waals surface area contributed by atoms with E-state index in [0.29, 0.717) is 0 Å². The van der Waals surface area contributed by atoms with Crippen molar-refractivity contribution in [1.82, 2.24) is 10.6 Å². The van der Waals surface area contributed by atoms with Crippen LogP contribution in [0.3, 0.4) is 0 Å². The molecule has 2 nitrogen and oxygen atoms in total. The van der Waals surface area contributed by atoms with Crippen LogP contribution in [-0.4, -0.2) is 25.2 Å². The van der Waals surface area contributed by atoms with E-state index in [-0.39, 0.29) is 5.54 Å². The van der Waals surface area contributed by atoms with Crippen molar-refractivity contribution in [2.45, 2.75) is 52.5 Å². The third kappa shape index (κ3) is 11.9. The van der Waals surface area contributed by atoms with Crippen LogP contribution in [0.2, 0.25) is 0 Å². The summed E-state index contributed by atoms with van der Waals surface area (Å²) in [4.78, 5) is 0. The summed E-state index contributed by atoms with van der Waals surface area (Å²) < 4.78 is 0. The Morgan fingerprint density at radius 3 is 2.15 bits per heavy atom. The van der Waals surface area contributed by atoms with Gasteiger partial charge in [-0.15, -0.1) is 0 Å². The number of unbranched alkanes of at least 4 members (excludes halogenated alkanes) is 2. The Labute approximate surface area is 83.5 Å². The summed E-state index contributed by atoms with van der Waals surface area (Å²) in [5, 5.41) is 6.88. The van der Waals surface area contributed by atoms with Gasteiger partial charge in [-0.05, 0) is 33.7 Å². The highest BCUT2D eigenvalue weighted by atomic mass is 15.0. The first-order valence-electron chi connectivity index (χ1n) is 5.52. The van der Waals surface area contributed by atoms with E-state index >= 15 is 0 Å². The number of rotatable bonds is 7. The minimum absolute atomic E-state index is 0.255. The van der Waals surface area contributed by atoms with Crippen LogP contribution in [-0.2, 0) is 0 Å². The van der Waals surface area contributed by atoms with Gasteiger partial charge in [0, 0.05) is 18.6 Å². The van der Waals surface area contributed by atoms with E-state index in [1.54, 1.807) is 0 Å². The molecule has 0 bridgehead atoms. The van der Waals surface area contributed by atoms with Gasteiger partial charge in [-0.2, -0.15) is 0 Å². The van der Waals surface area contributed by atoms with Crippen LogP contribution in [0, 0.1) is 0 Å². The molecule has 0 amide bonds. The average Bonchev–Trinajstić information content (AvgIpc) is 2.01. The van der Waals surface area contributed by atoms with E-state index < -0.39 is 0 Å². The van der Waals surface area contributed by atoms with Gasteiger partial charge in [0.1, 0.15) is 0 Å². The standard InChI is InChI=1S/C11H26N2/c1-5-6-7-8-12-9-10-13-11(2,3)4/h12-13H,5-10H2,1-4H3. The Morgan fingerprint density at radius 2 is 1.62 bits per heavy atom. The van der Waals surface area contributed by atoms with E-state index in [1.165, 1.54) is 25.8 Å². The molecular weight excluding hydrogens is 160 g/mol. The van der Waals surface area contributed by atoms with E-state index in [9.17, 15) is 0 Å². The van der Waals surface area contributed by atoms with Crippen molar-refractivity contribution in [3.8, 4) is 0 Å². The van der Waals surface area contributed by atoms with Gasteiger partial charge in [0.2, 0.25) is 0 Å². The second-order valence-electron chi connectivity index (χ2n) is 4.63. The van der Waals surface area contributed by atoms with Gasteiger partial charge in [-0.3, -0.25) is 0 Å². The lowest BCUT2D eigenvalue weighted by Gasteiger charge is -2.20. The Morgan fingerprint density at radius 1 is 0.923 bits per heavy atom. The zero-order valence-corrected chi connectivity index (χ0v) is 9.74. The minimum Gasteiger partial charge on any atom is -0.315 e. The van der Waals surface area contributed by atoms with Crippen LogP contribution in [0.4, 0.5) is 0 Å². The van der Waals surface area contributed by atoms with Crippen molar-refractivity contribution >= 4 is 0 Å². The Bertz CT molecular complexity index is 105. The normalized spacial score (nSPS) is 12.0. The van der Waals surface area contributed by atoms with Gasteiger partial charge in [0.25, 0.3) is 0 Å². The second-order valence-corrected chi connectivity index (χ2v) is 4.63. The average molecular weight is 186 g/mol. The van der Waals surface area contributed by atoms with Crippen molar-refractivity contribution in [2.24, 2.45) is 0 Å². The minimum atomic E-state index is 0.255. The molecule has 0 rings (SSSR count). The maximum absolute atomic E-state index is 3.45. The summed E-state index contributed by atoms with van der Waals surface area (Å²) in [6.45, 7) is 12.1. The lowest BCUT2D eigenvalue weighted by atomic mass is 10.1. The van der Waals surface area contributed by atoms with Crippen LogP contribution in [0.1, 0.15) is 47.0 Å². The second kappa shape index (κ2) is 7.34. The fourth-order valence-electron chi connectivity index (χ4n) is 1.15. The van der Waals surface area contributed by atoms with Crippen LogP contribution in [0.25, 0.3) is 0 Å². The lowest BCUT2D eigenvalue weighted by Crippen LogP contribution is -2.40. The molecular formula is C11H26N2. The molecule has 0 heterocycles. The van der Waals surface area contributed by atoms with E-state index in [0.717, 1.165) is 13.1 Å². The molecule has 80 valence electrons. The number of hydrogen-bond donors (Lipinski definition) is 2. The summed E-state index contributed by atoms with van der Waals surface area (Å²) in [5.41, 5.74) is 0.255. The first-order valence-corrected chi connectivity index (χ1v) is 5.52. The fraction of sp³-hybridized carbons (Fsp3) is 1.00. The zero-order chi connectivity index (χ0) is 10.2. The van der Waals surface area contributed by atoms with Gasteiger partial charge in [-0.1, -0.05) is 19.8 Å². The van der Waals surface area contributed by atoms with Gasteiger partial charge in [0.15, 0.2) is 0 Å². The Balaban J connectivity index is 3.00. The molecule has 0 aliphatic heterocycles. The van der Waals surface area contributed by atoms with Crippen molar-refractivity contribution in [1.29, 1.82) is 0 Å². The molecule has 0 saturated carbocycles. The summed E-state index contributed by atoms with van der Waals surface area (Å²) in [5.74, 6) is 0. The molecule has 0 unspecified atom stereocenters. The van der Waals surface area contributed by atoms with Crippen LogP contribution < -0.4 is 10.6 Å². The van der Waals surface area contributed by atoms with E-state index in [4.69, 9.17) is 0 Å². The first kappa shape index (κ1) is 12.9. The van der Waals surface area contributed by atoms with Crippen molar-refractivity contribution < 1.29 is 0 Å². The van der Waals surface area contributed by atoms with Gasteiger partial charge < -0.3 is 10.6 Å². The Hall–Kier alpha value is -0.0800. The molecule has 0 spiro atoms. The van der Waals surface area contributed by atoms with Gasteiger partial charge in [-0.25, -0.2) is 0 Å². The Kier molecular flexibility index (Phi) is 7.29. The molecule has 0 fully saturated rings. The summed E-state index contributed by atoms with van der Waals surface area (Å²) >= 11 is 0. The predicted molar refractivity (Wildman–Crippen MR) is 60.2 cm³/mol. The van der Waals surface area contributed by atoms with Gasteiger partial charge in [0.05, 0.1) is 0 Å². The van der Waals surface area contributed by atoms with Crippen molar-refractivity contribution in [3.63, 3.8) is 0 Å². The third-order valence-corrected chi connectivity index (χ3v) is 1.91. The largest absolute Gasteiger partial charge is 0.315 e. The lowest BCUT2D eigenvalue weighted by molar-refractivity contribution is 0.420. The maximum Gasteiger partial charge on any atom is 0.00970 e. The van der Waals surface area contributed by atoms with E-state index in [1.807, 2.05) is 0 Å². The van der Waals surface area contributed by atoms with Crippen LogP contribution in [0.15, 0.2) is 0 Å². The molecule has 0 saturated heterocycles. The molecule has 0 radical (unpaired) electrons. The molecule has 13 heavy (non-hydrogen) atoms. The molecule has 0 atom stereocenters. The monoisotopic (exact) mass is 186 g/mol. The van der Waals surface area contributed by atoms with Crippen molar-refractivity contribution in [3.05, 3.63) is 0 Å². The molecule has 2 N–H and O–H groups in total. The molecule has 0 aliphatic carbocycles. The molecule has 0 aromatic rings. The molecule has 0 aliphatic rings. The number of nitrogens with one attached hydrogen (secondary N) is 2. The third-order valence-electron chi connectivity index (χ3n) is 1.91. The van der Waals surface area contributed by atoms with Crippen LogP contribution >= 0.6 is 0 Å². The quantitative estimate of drug-likeness (QED) is 0.595. The van der Waals surface area contributed by atoms with Crippen LogP contribution in [0.5, 0.6) is 0 Å². The topological polar surface area (TPSA) is 24.1 Å². The highest BCUT2D eigenvalue weighted by molar-refractivity contribution is 4.70. The zero-order valence-electron chi connectivity index (χ0n) is 9.74. The van der Waals surface area contributed by atoms with Gasteiger partial charge >= 0.3 is 0 Å². The summed E-state index contributed by atoms with van der Waals surface area (Å²) in [7, 11) is 0. The number of hydrogen-bond acceptors (Lipinski definition) is 2. The molecule has 0 aromatic heterocycles. The van der Waals surface area contributed by atoms with E-state index in [2.05, 4.69) is 38.3 Å².